The smallest absolute Gasteiger partial charge is 0.310 e. The highest BCUT2D eigenvalue weighted by Crippen LogP contribution is 2.29. The Labute approximate surface area is 134 Å². The summed E-state index contributed by atoms with van der Waals surface area (Å²) in [5, 5.41) is 19.3. The molecule has 0 aromatic heterocycles. The number of carboxylic acids is 1. The summed E-state index contributed by atoms with van der Waals surface area (Å²) < 4.78 is 26.6. The van der Waals surface area contributed by atoms with Crippen molar-refractivity contribution in [3.05, 3.63) is 28.3 Å². The number of aliphatic carboxylic acids is 1. The van der Waals surface area contributed by atoms with Crippen LogP contribution in [-0.2, 0) is 14.8 Å². The van der Waals surface area contributed by atoms with E-state index in [4.69, 9.17) is 16.7 Å². The zero-order valence-corrected chi connectivity index (χ0v) is 13.9. The average Bonchev–Trinajstić information content (AvgIpc) is 2.42. The van der Waals surface area contributed by atoms with Crippen LogP contribution in [0.2, 0.25) is 5.02 Å². The van der Waals surface area contributed by atoms with Crippen molar-refractivity contribution in [1.82, 2.24) is 4.31 Å². The van der Waals surface area contributed by atoms with Gasteiger partial charge in [-0.25, -0.2) is 8.42 Å². The summed E-state index contributed by atoms with van der Waals surface area (Å²) in [7, 11) is -3.82. The lowest BCUT2D eigenvalue weighted by molar-refractivity contribution is -0.147. The quantitative estimate of drug-likeness (QED) is 0.862. The normalized spacial score (nSPS) is 23.5. The summed E-state index contributed by atoms with van der Waals surface area (Å²) in [6.45, 7) is 3.21. The number of aliphatic hydroxyl groups excluding tert-OH is 1. The lowest BCUT2D eigenvalue weighted by atomic mass is 9.96. The standard InChI is InChI=1S/C14H18ClNO5S/c1-8-6-13(9(2)5-11(8)15)22(20,21)16-4-3-12(17)10(7-16)14(18)19/h5-6,10,12,17H,3-4,7H2,1-2H3,(H,18,19)/t10-,12-/m0/s1. The molecular formula is C14H18ClNO5S. The Kier molecular flexibility index (Phi) is 4.81. The molecule has 0 saturated carbocycles. The number of carbonyl (C=O) groups is 1. The summed E-state index contributed by atoms with van der Waals surface area (Å²) in [6.07, 6.45) is -0.932. The molecule has 0 amide bonds. The maximum Gasteiger partial charge on any atom is 0.310 e. The van der Waals surface area contributed by atoms with Gasteiger partial charge in [0.2, 0.25) is 10.0 Å². The van der Waals surface area contributed by atoms with Crippen LogP contribution in [0.1, 0.15) is 17.5 Å². The van der Waals surface area contributed by atoms with E-state index in [1.54, 1.807) is 19.9 Å². The van der Waals surface area contributed by atoms with Crippen LogP contribution in [0.5, 0.6) is 0 Å². The Morgan fingerprint density at radius 3 is 2.55 bits per heavy atom. The van der Waals surface area contributed by atoms with Gasteiger partial charge in [-0.15, -0.1) is 0 Å². The van der Waals surface area contributed by atoms with Crippen LogP contribution in [0.15, 0.2) is 17.0 Å². The zero-order chi connectivity index (χ0) is 16.7. The molecule has 1 aliphatic rings. The van der Waals surface area contributed by atoms with Gasteiger partial charge in [-0.1, -0.05) is 11.6 Å². The predicted octanol–water partition coefficient (Wildman–Crippen LogP) is 1.41. The van der Waals surface area contributed by atoms with Crippen LogP contribution in [0, 0.1) is 19.8 Å². The van der Waals surface area contributed by atoms with Crippen LogP contribution in [0.4, 0.5) is 0 Å². The molecule has 1 aromatic rings. The molecule has 0 aliphatic carbocycles. The van der Waals surface area contributed by atoms with Crippen LogP contribution in [0.25, 0.3) is 0 Å². The van der Waals surface area contributed by atoms with Crippen molar-refractivity contribution in [1.29, 1.82) is 0 Å². The van der Waals surface area contributed by atoms with Gasteiger partial charge in [-0.2, -0.15) is 4.31 Å². The summed E-state index contributed by atoms with van der Waals surface area (Å²) in [4.78, 5) is 11.3. The number of hydrogen-bond donors (Lipinski definition) is 2. The average molecular weight is 348 g/mol. The molecule has 6 nitrogen and oxygen atoms in total. The number of piperidine rings is 1. The summed E-state index contributed by atoms with van der Waals surface area (Å²) in [5.41, 5.74) is 1.14. The molecule has 0 unspecified atom stereocenters. The summed E-state index contributed by atoms with van der Waals surface area (Å²) >= 11 is 5.99. The number of aliphatic hydroxyl groups is 1. The minimum Gasteiger partial charge on any atom is -0.481 e. The van der Waals surface area contributed by atoms with Gasteiger partial charge in [0.15, 0.2) is 0 Å². The molecule has 122 valence electrons. The zero-order valence-electron chi connectivity index (χ0n) is 12.3. The van der Waals surface area contributed by atoms with E-state index in [1.807, 2.05) is 0 Å². The lowest BCUT2D eigenvalue weighted by Gasteiger charge is -2.33. The van der Waals surface area contributed by atoms with Crippen molar-refractivity contribution in [2.45, 2.75) is 31.3 Å². The highest BCUT2D eigenvalue weighted by molar-refractivity contribution is 7.89. The molecule has 8 heteroatoms. The van der Waals surface area contributed by atoms with E-state index < -0.39 is 28.0 Å². The third-order valence-corrected chi connectivity index (χ3v) is 6.34. The van der Waals surface area contributed by atoms with Crippen molar-refractivity contribution < 1.29 is 23.4 Å². The Bertz CT molecular complexity index is 703. The molecule has 2 rings (SSSR count). The molecule has 2 atom stereocenters. The monoisotopic (exact) mass is 347 g/mol. The van der Waals surface area contributed by atoms with E-state index in [0.29, 0.717) is 16.1 Å². The number of rotatable bonds is 3. The van der Waals surface area contributed by atoms with E-state index in [9.17, 15) is 18.3 Å². The Morgan fingerprint density at radius 2 is 1.95 bits per heavy atom. The largest absolute Gasteiger partial charge is 0.481 e. The second-order valence-corrected chi connectivity index (χ2v) is 7.84. The molecular weight excluding hydrogens is 330 g/mol. The molecule has 1 aliphatic heterocycles. The first kappa shape index (κ1) is 17.2. The molecule has 0 radical (unpaired) electrons. The first-order valence-corrected chi connectivity index (χ1v) is 8.64. The second-order valence-electron chi connectivity index (χ2n) is 5.53. The fourth-order valence-corrected chi connectivity index (χ4v) is 4.53. The van der Waals surface area contributed by atoms with Gasteiger partial charge >= 0.3 is 5.97 Å². The minimum atomic E-state index is -3.82. The van der Waals surface area contributed by atoms with Crippen molar-refractivity contribution >= 4 is 27.6 Å². The van der Waals surface area contributed by atoms with Crippen molar-refractivity contribution in [2.24, 2.45) is 5.92 Å². The van der Waals surface area contributed by atoms with Gasteiger partial charge < -0.3 is 10.2 Å². The molecule has 0 bridgehead atoms. The summed E-state index contributed by atoms with van der Waals surface area (Å²) in [5.74, 6) is -2.31. The van der Waals surface area contributed by atoms with E-state index in [1.165, 1.54) is 6.07 Å². The summed E-state index contributed by atoms with van der Waals surface area (Å²) in [6, 6.07) is 3.07. The van der Waals surface area contributed by atoms with Crippen molar-refractivity contribution in [3.63, 3.8) is 0 Å². The number of hydrogen-bond acceptors (Lipinski definition) is 4. The highest BCUT2D eigenvalue weighted by atomic mass is 35.5. The molecule has 1 fully saturated rings. The Hall–Kier alpha value is -1.15. The fourth-order valence-electron chi connectivity index (χ4n) is 2.54. The van der Waals surface area contributed by atoms with Gasteiger partial charge in [-0.3, -0.25) is 4.79 Å². The molecule has 1 aromatic carbocycles. The van der Waals surface area contributed by atoms with Gasteiger partial charge in [-0.05, 0) is 43.5 Å². The third kappa shape index (κ3) is 3.12. The van der Waals surface area contributed by atoms with Gasteiger partial charge in [0, 0.05) is 18.1 Å². The maximum atomic E-state index is 12.8. The topological polar surface area (TPSA) is 94.9 Å². The second kappa shape index (κ2) is 6.16. The predicted molar refractivity (Wildman–Crippen MR) is 81.4 cm³/mol. The number of halogens is 1. The number of sulfonamides is 1. The van der Waals surface area contributed by atoms with E-state index in [2.05, 4.69) is 0 Å². The van der Waals surface area contributed by atoms with E-state index >= 15 is 0 Å². The first-order valence-electron chi connectivity index (χ1n) is 6.82. The molecule has 22 heavy (non-hydrogen) atoms. The number of carboxylic acid groups (broad SMARTS) is 1. The molecule has 2 N–H and O–H groups in total. The fraction of sp³-hybridized carbons (Fsp3) is 0.500. The van der Waals surface area contributed by atoms with E-state index in [-0.39, 0.29) is 24.4 Å². The number of nitrogens with zero attached hydrogens (tertiary/aromatic N) is 1. The van der Waals surface area contributed by atoms with Crippen molar-refractivity contribution in [3.8, 4) is 0 Å². The Morgan fingerprint density at radius 1 is 1.32 bits per heavy atom. The van der Waals surface area contributed by atoms with Gasteiger partial charge in [0.1, 0.15) is 0 Å². The minimum absolute atomic E-state index is 0.0917. The van der Waals surface area contributed by atoms with Crippen LogP contribution >= 0.6 is 11.6 Å². The maximum absolute atomic E-state index is 12.8. The van der Waals surface area contributed by atoms with Crippen molar-refractivity contribution in [2.75, 3.05) is 13.1 Å². The lowest BCUT2D eigenvalue weighted by Crippen LogP contribution is -2.48. The SMILES string of the molecule is Cc1cc(S(=O)(=O)N2CC[C@H](O)[C@@H](C(=O)O)C2)c(C)cc1Cl. The van der Waals surface area contributed by atoms with Gasteiger partial charge in [0.05, 0.1) is 16.9 Å². The Balaban J connectivity index is 2.39. The van der Waals surface area contributed by atoms with Gasteiger partial charge in [0.25, 0.3) is 0 Å². The van der Waals surface area contributed by atoms with Crippen LogP contribution in [0.3, 0.4) is 0 Å². The van der Waals surface area contributed by atoms with Crippen LogP contribution < -0.4 is 0 Å². The first-order chi connectivity index (χ1) is 10.1. The highest BCUT2D eigenvalue weighted by Gasteiger charge is 2.38. The molecule has 1 heterocycles. The molecule has 1 saturated heterocycles. The number of benzene rings is 1. The molecule has 0 spiro atoms. The van der Waals surface area contributed by atoms with E-state index in [0.717, 1.165) is 4.31 Å². The number of aryl methyl sites for hydroxylation is 2. The van der Waals surface area contributed by atoms with Crippen LogP contribution in [-0.4, -0.2) is 48.1 Å². The third-order valence-electron chi connectivity index (χ3n) is 3.93.